The summed E-state index contributed by atoms with van der Waals surface area (Å²) in [6, 6.07) is 15.7. The summed E-state index contributed by atoms with van der Waals surface area (Å²) in [7, 11) is 2.07. The highest BCUT2D eigenvalue weighted by atomic mass is 35.5. The van der Waals surface area contributed by atoms with E-state index in [2.05, 4.69) is 36.8 Å². The van der Waals surface area contributed by atoms with Crippen LogP contribution in [0.3, 0.4) is 0 Å². The van der Waals surface area contributed by atoms with Gasteiger partial charge in [-0.25, -0.2) is 29.1 Å². The van der Waals surface area contributed by atoms with Gasteiger partial charge in [-0.15, -0.1) is 11.3 Å². The molecule has 9 rings (SSSR count). The molecule has 3 aliphatic rings. The van der Waals surface area contributed by atoms with Gasteiger partial charge in [0.05, 0.1) is 21.8 Å². The van der Waals surface area contributed by atoms with Gasteiger partial charge in [0.1, 0.15) is 48.3 Å². The molecular formula is C45H42ClF4N7O7S. The van der Waals surface area contributed by atoms with Crippen LogP contribution in [0.1, 0.15) is 22.6 Å². The second kappa shape index (κ2) is 19.6. The van der Waals surface area contributed by atoms with Crippen LogP contribution in [0.25, 0.3) is 31.8 Å². The second-order valence-corrected chi connectivity index (χ2v) is 16.9. The van der Waals surface area contributed by atoms with Crippen molar-refractivity contribution in [2.45, 2.75) is 38.8 Å². The first-order chi connectivity index (χ1) is 31.2. The number of likely N-dealkylation sites (N-methyl/N-ethyl adjacent to an activating group) is 1. The lowest BCUT2D eigenvalue weighted by Gasteiger charge is -2.34. The van der Waals surface area contributed by atoms with E-state index in [4.69, 9.17) is 30.5 Å². The number of fused-ring (bicyclic) bond motifs is 7. The molecule has 3 aromatic heterocycles. The van der Waals surface area contributed by atoms with Crippen molar-refractivity contribution in [3.05, 3.63) is 107 Å². The van der Waals surface area contributed by atoms with E-state index in [9.17, 15) is 32.3 Å². The quantitative estimate of drug-likeness (QED) is 0.127. The van der Waals surface area contributed by atoms with Crippen LogP contribution in [0.2, 0.25) is 5.02 Å². The van der Waals surface area contributed by atoms with Gasteiger partial charge in [0, 0.05) is 67.9 Å². The third-order valence-electron chi connectivity index (χ3n) is 11.0. The maximum Gasteiger partial charge on any atom is 0.411 e. The Balaban J connectivity index is 1.21. The van der Waals surface area contributed by atoms with E-state index in [0.29, 0.717) is 72.4 Å². The highest BCUT2D eigenvalue weighted by Crippen LogP contribution is 2.49. The third kappa shape index (κ3) is 10.8. The number of nitrogens with zero attached hydrogens (tertiary/aromatic N) is 7. The zero-order valence-corrected chi connectivity index (χ0v) is 36.7. The van der Waals surface area contributed by atoms with Crippen LogP contribution >= 0.6 is 22.9 Å². The van der Waals surface area contributed by atoms with Crippen molar-refractivity contribution in [3.8, 4) is 38.9 Å². The summed E-state index contributed by atoms with van der Waals surface area (Å²) in [6.45, 7) is 3.58. The van der Waals surface area contributed by atoms with Gasteiger partial charge in [0.25, 0.3) is 5.91 Å². The summed E-state index contributed by atoms with van der Waals surface area (Å²) >= 11 is 8.57. The van der Waals surface area contributed by atoms with Crippen molar-refractivity contribution in [2.75, 3.05) is 64.4 Å². The Morgan fingerprint density at radius 2 is 1.78 bits per heavy atom. The van der Waals surface area contributed by atoms with Gasteiger partial charge in [-0.1, -0.05) is 29.8 Å². The normalized spacial score (nSPS) is 16.3. The molecule has 1 atom stereocenters. The van der Waals surface area contributed by atoms with E-state index in [-0.39, 0.29) is 42.1 Å². The average molecular weight is 936 g/mol. The second-order valence-electron chi connectivity index (χ2n) is 15.5. The topological polar surface area (TPSA) is 153 Å². The highest BCUT2D eigenvalue weighted by Gasteiger charge is 2.31. The lowest BCUT2D eigenvalue weighted by Crippen LogP contribution is -2.48. The molecule has 1 saturated heterocycles. The number of hydrogen-bond donors (Lipinski definition) is 1. The summed E-state index contributed by atoms with van der Waals surface area (Å²) in [4.78, 5) is 52.0. The number of carboxylic acid groups (broad SMARTS) is 1. The molecule has 0 saturated carbocycles. The fourth-order valence-corrected chi connectivity index (χ4v) is 9.00. The van der Waals surface area contributed by atoms with Crippen molar-refractivity contribution in [3.63, 3.8) is 0 Å². The summed E-state index contributed by atoms with van der Waals surface area (Å²) < 4.78 is 75.6. The van der Waals surface area contributed by atoms with Crippen LogP contribution in [0, 0.1) is 12.7 Å². The largest absolute Gasteiger partial charge is 0.487 e. The minimum Gasteiger partial charge on any atom is -0.487 e. The number of aliphatic carboxylic acids is 1. The molecule has 1 fully saturated rings. The molecule has 3 aromatic carbocycles. The smallest absolute Gasteiger partial charge is 0.411 e. The molecule has 65 heavy (non-hydrogen) atoms. The monoisotopic (exact) mass is 935 g/mol. The minimum absolute atomic E-state index is 0.00283. The summed E-state index contributed by atoms with van der Waals surface area (Å²) in [5.74, 6) is -1.74. The predicted octanol–water partition coefficient (Wildman–Crippen LogP) is 7.62. The third-order valence-corrected chi connectivity index (χ3v) is 12.6. The van der Waals surface area contributed by atoms with Crippen LogP contribution < -0.4 is 19.1 Å². The molecule has 14 nitrogen and oxygen atoms in total. The average Bonchev–Trinajstić information content (AvgIpc) is 3.67. The molecule has 3 aliphatic heterocycles. The number of thiophene rings is 1. The summed E-state index contributed by atoms with van der Waals surface area (Å²) in [5, 5.41) is 11.4. The molecule has 0 unspecified atom stereocenters. The number of hydrogen-bond acceptors (Lipinski definition) is 13. The number of anilines is 1. The van der Waals surface area contributed by atoms with Gasteiger partial charge in [-0.2, -0.15) is 13.2 Å². The molecule has 20 heteroatoms. The van der Waals surface area contributed by atoms with Gasteiger partial charge < -0.3 is 33.9 Å². The molecule has 6 heterocycles. The molecule has 0 radical (unpaired) electrons. The Bertz CT molecular complexity index is 2700. The molecule has 0 spiro atoms. The summed E-state index contributed by atoms with van der Waals surface area (Å²) in [5.41, 5.74) is 3.55. The number of alkyl halides is 3. The van der Waals surface area contributed by atoms with Crippen molar-refractivity contribution in [1.29, 1.82) is 0 Å². The lowest BCUT2D eigenvalue weighted by molar-refractivity contribution is -0.177. The zero-order chi connectivity index (χ0) is 45.8. The Labute approximate surface area is 379 Å². The molecular weight excluding hydrogens is 894 g/mol. The Kier molecular flexibility index (Phi) is 13.8. The zero-order valence-electron chi connectivity index (χ0n) is 35.1. The van der Waals surface area contributed by atoms with Crippen LogP contribution in [0.5, 0.6) is 17.4 Å². The number of amides is 1. The number of halogens is 5. The van der Waals surface area contributed by atoms with Crippen molar-refractivity contribution in [2.24, 2.45) is 0 Å². The van der Waals surface area contributed by atoms with Gasteiger partial charge in [0.2, 0.25) is 12.0 Å². The highest BCUT2D eigenvalue weighted by molar-refractivity contribution is 7.22. The van der Waals surface area contributed by atoms with E-state index < -0.39 is 43.9 Å². The number of benzene rings is 3. The molecule has 340 valence electrons. The number of piperazine rings is 1. The Morgan fingerprint density at radius 1 is 1.00 bits per heavy atom. The van der Waals surface area contributed by atoms with E-state index in [1.807, 2.05) is 13.0 Å². The van der Waals surface area contributed by atoms with Crippen LogP contribution in [-0.4, -0.2) is 119 Å². The first-order valence-corrected chi connectivity index (χ1v) is 21.7. The maximum absolute atomic E-state index is 14.4. The number of carbonyl (C=O) groups excluding carboxylic acids is 1. The van der Waals surface area contributed by atoms with Crippen molar-refractivity contribution < 1.29 is 51.2 Å². The number of rotatable bonds is 11. The van der Waals surface area contributed by atoms with Gasteiger partial charge in [-0.3, -0.25) is 9.69 Å². The van der Waals surface area contributed by atoms with Gasteiger partial charge in [0.15, 0.2) is 12.4 Å². The SMILES string of the molecule is Cc1c2ccc(c1Cl)N(CCN1CCN(C)CC1)C(=O)COc1ccc(OCc3ccnc(COCC(F)(F)F)n3)c(c1)C[C@H](C(=O)O)Oc1ncnc3sc(-c4ccc(F)cc4)c-2c13. The molecule has 1 N–H and O–H groups in total. The fourth-order valence-electron chi connectivity index (χ4n) is 7.58. The van der Waals surface area contributed by atoms with Crippen LogP contribution in [0.15, 0.2) is 73.2 Å². The number of carboxylic acids is 1. The van der Waals surface area contributed by atoms with Crippen LogP contribution in [0.4, 0.5) is 23.2 Å². The van der Waals surface area contributed by atoms with Crippen LogP contribution in [-0.2, 0) is 34.0 Å². The Morgan fingerprint density at radius 3 is 2.54 bits per heavy atom. The van der Waals surface area contributed by atoms with E-state index in [1.165, 1.54) is 42.1 Å². The maximum atomic E-state index is 14.4. The predicted molar refractivity (Wildman–Crippen MR) is 234 cm³/mol. The van der Waals surface area contributed by atoms with E-state index in [1.54, 1.807) is 41.3 Å². The first kappa shape index (κ1) is 45.6. The lowest BCUT2D eigenvalue weighted by atomic mass is 9.95. The first-order valence-electron chi connectivity index (χ1n) is 20.5. The standard InChI is InChI=1S/C45H42ClF4N7O7S/c1-26-32-8-9-33(40(26)46)57(18-17-56-15-13-55(2)14-16-56)37(58)23-62-31-7-10-34(63-21-30-11-12-51-36(54-30)22-61-24-45(48,49)50)28(19-31)20-35(44(59)60)64-42-39-38(32)41(65-43(39)53-25-52-42)27-3-5-29(47)6-4-27/h3-12,19,25,35H,13-18,20-24H2,1-2H3,(H,59,60)/t35-/m1/s1. The van der Waals surface area contributed by atoms with Gasteiger partial charge in [-0.05, 0) is 73.1 Å². The summed E-state index contributed by atoms with van der Waals surface area (Å²) in [6.07, 6.45) is -3.75. The Hall–Kier alpha value is -5.99. The number of ether oxygens (including phenoxy) is 4. The number of aromatic nitrogens is 4. The van der Waals surface area contributed by atoms with Gasteiger partial charge >= 0.3 is 12.1 Å². The minimum atomic E-state index is -4.52. The van der Waals surface area contributed by atoms with Crippen molar-refractivity contribution >= 4 is 50.7 Å². The molecule has 1 amide bonds. The molecule has 4 bridgehead atoms. The van der Waals surface area contributed by atoms with E-state index >= 15 is 0 Å². The number of carbonyl (C=O) groups is 2. The molecule has 0 aliphatic carbocycles. The fraction of sp³-hybridized carbons (Fsp3) is 0.333. The van der Waals surface area contributed by atoms with E-state index in [0.717, 1.165) is 26.2 Å². The van der Waals surface area contributed by atoms with Crippen molar-refractivity contribution in [1.82, 2.24) is 29.7 Å². The molecule has 6 aromatic rings.